The number of urea groups is 1. The van der Waals surface area contributed by atoms with Crippen molar-refractivity contribution in [2.45, 2.75) is 12.5 Å². The van der Waals surface area contributed by atoms with Crippen LogP contribution in [-0.4, -0.2) is 42.6 Å². The summed E-state index contributed by atoms with van der Waals surface area (Å²) < 4.78 is 4.97. The largest absolute Gasteiger partial charge is 0.382 e. The standard InChI is InChI=1S/C15H15ClN2O3/c1-15(10-21-2)13(19)18(14(20)17-15)9-3-4-11-5-7-12(16)8-6-11/h5-8H,9-10H2,1-2H3,(H,17,20)/t15-/m0/s1. The number of nitrogens with one attached hydrogen (secondary N) is 1. The number of rotatable bonds is 3. The fourth-order valence-electron chi connectivity index (χ4n) is 2.03. The van der Waals surface area contributed by atoms with Gasteiger partial charge in [-0.1, -0.05) is 23.4 Å². The Morgan fingerprint density at radius 3 is 2.62 bits per heavy atom. The van der Waals surface area contributed by atoms with E-state index in [1.165, 1.54) is 7.11 Å². The molecule has 1 atom stereocenters. The van der Waals surface area contributed by atoms with Crippen LogP contribution in [0.2, 0.25) is 5.02 Å². The molecule has 1 aliphatic heterocycles. The van der Waals surface area contributed by atoms with E-state index in [-0.39, 0.29) is 19.1 Å². The molecule has 0 saturated carbocycles. The lowest BCUT2D eigenvalue weighted by atomic mass is 10.0. The van der Waals surface area contributed by atoms with Crippen LogP contribution < -0.4 is 5.32 Å². The number of methoxy groups -OCH3 is 1. The second-order valence-corrected chi connectivity index (χ2v) is 5.33. The molecule has 0 radical (unpaired) electrons. The molecule has 0 unspecified atom stereocenters. The average molecular weight is 307 g/mol. The summed E-state index contributed by atoms with van der Waals surface area (Å²) in [6, 6.07) is 6.56. The van der Waals surface area contributed by atoms with E-state index in [9.17, 15) is 9.59 Å². The zero-order valence-corrected chi connectivity index (χ0v) is 12.5. The van der Waals surface area contributed by atoms with Crippen molar-refractivity contribution in [2.24, 2.45) is 0 Å². The van der Waals surface area contributed by atoms with E-state index in [4.69, 9.17) is 16.3 Å². The number of carbonyl (C=O) groups is 2. The Hall–Kier alpha value is -2.03. The molecule has 1 aromatic rings. The van der Waals surface area contributed by atoms with Gasteiger partial charge in [-0.25, -0.2) is 4.79 Å². The summed E-state index contributed by atoms with van der Waals surface area (Å²) in [5.74, 6) is 5.37. The van der Waals surface area contributed by atoms with Crippen LogP contribution >= 0.6 is 11.6 Å². The zero-order chi connectivity index (χ0) is 15.5. The summed E-state index contributed by atoms with van der Waals surface area (Å²) in [4.78, 5) is 25.1. The first kappa shape index (κ1) is 15.4. The highest BCUT2D eigenvalue weighted by atomic mass is 35.5. The van der Waals surface area contributed by atoms with Gasteiger partial charge in [0.15, 0.2) is 0 Å². The summed E-state index contributed by atoms with van der Waals surface area (Å²) in [6.07, 6.45) is 0. The highest BCUT2D eigenvalue weighted by Gasteiger charge is 2.47. The third-order valence-electron chi connectivity index (χ3n) is 3.09. The molecule has 5 nitrogen and oxygen atoms in total. The van der Waals surface area contributed by atoms with Crippen LogP contribution in [0.4, 0.5) is 4.79 Å². The maximum absolute atomic E-state index is 12.2. The third-order valence-corrected chi connectivity index (χ3v) is 3.34. The SMILES string of the molecule is COC[C@]1(C)NC(=O)N(CC#Cc2ccc(Cl)cc2)C1=O. The predicted molar refractivity (Wildman–Crippen MR) is 78.9 cm³/mol. The Labute approximate surface area is 128 Å². The molecule has 110 valence electrons. The minimum atomic E-state index is -1.02. The van der Waals surface area contributed by atoms with Crippen molar-refractivity contribution in [3.63, 3.8) is 0 Å². The minimum absolute atomic E-state index is 0.0343. The third kappa shape index (κ3) is 3.35. The quantitative estimate of drug-likeness (QED) is 0.682. The first-order valence-corrected chi connectivity index (χ1v) is 6.71. The fraction of sp³-hybridized carbons (Fsp3) is 0.333. The average Bonchev–Trinajstić information content (AvgIpc) is 2.64. The van der Waals surface area contributed by atoms with Gasteiger partial charge in [0.1, 0.15) is 5.54 Å². The van der Waals surface area contributed by atoms with E-state index in [1.54, 1.807) is 31.2 Å². The van der Waals surface area contributed by atoms with Crippen molar-refractivity contribution >= 4 is 23.5 Å². The number of hydrogen-bond acceptors (Lipinski definition) is 3. The van der Waals surface area contributed by atoms with Crippen LogP contribution in [-0.2, 0) is 9.53 Å². The maximum Gasteiger partial charge on any atom is 0.325 e. The summed E-state index contributed by atoms with van der Waals surface area (Å²) >= 11 is 5.78. The van der Waals surface area contributed by atoms with Crippen molar-refractivity contribution in [2.75, 3.05) is 20.3 Å². The lowest BCUT2D eigenvalue weighted by Gasteiger charge is -2.19. The molecular formula is C15H15ClN2O3. The smallest absolute Gasteiger partial charge is 0.325 e. The number of amides is 3. The Bertz CT molecular complexity index is 618. The summed E-state index contributed by atoms with van der Waals surface area (Å²) in [7, 11) is 1.48. The number of carbonyl (C=O) groups excluding carboxylic acids is 2. The van der Waals surface area contributed by atoms with Crippen LogP contribution in [0.25, 0.3) is 0 Å². The van der Waals surface area contributed by atoms with E-state index in [1.807, 2.05) is 0 Å². The van der Waals surface area contributed by atoms with Gasteiger partial charge in [0.25, 0.3) is 5.91 Å². The topological polar surface area (TPSA) is 58.6 Å². The van der Waals surface area contributed by atoms with Crippen molar-refractivity contribution in [1.82, 2.24) is 10.2 Å². The molecule has 0 bridgehead atoms. The van der Waals surface area contributed by atoms with Gasteiger partial charge in [0, 0.05) is 17.7 Å². The second-order valence-electron chi connectivity index (χ2n) is 4.90. The molecule has 1 N–H and O–H groups in total. The number of imide groups is 1. The predicted octanol–water partition coefficient (Wildman–Crippen LogP) is 1.65. The van der Waals surface area contributed by atoms with Crippen LogP contribution in [0.3, 0.4) is 0 Å². The molecule has 0 aliphatic carbocycles. The van der Waals surface area contributed by atoms with E-state index in [2.05, 4.69) is 17.2 Å². The Morgan fingerprint density at radius 2 is 2.00 bits per heavy atom. The van der Waals surface area contributed by atoms with E-state index in [0.717, 1.165) is 10.5 Å². The van der Waals surface area contributed by atoms with E-state index < -0.39 is 11.6 Å². The Kier molecular flexibility index (Phi) is 4.51. The summed E-state index contributed by atoms with van der Waals surface area (Å²) in [6.45, 7) is 1.79. The molecule has 1 aliphatic rings. The maximum atomic E-state index is 12.2. The fourth-order valence-corrected chi connectivity index (χ4v) is 2.16. The van der Waals surface area contributed by atoms with Crippen LogP contribution in [0.5, 0.6) is 0 Å². The lowest BCUT2D eigenvalue weighted by molar-refractivity contribution is -0.132. The van der Waals surface area contributed by atoms with Gasteiger partial charge >= 0.3 is 6.03 Å². The van der Waals surface area contributed by atoms with Crippen LogP contribution in [0, 0.1) is 11.8 Å². The van der Waals surface area contributed by atoms with Gasteiger partial charge < -0.3 is 10.1 Å². The number of hydrogen-bond donors (Lipinski definition) is 1. The number of halogens is 1. The first-order valence-electron chi connectivity index (χ1n) is 6.34. The second kappa shape index (κ2) is 6.17. The van der Waals surface area contributed by atoms with Gasteiger partial charge in [0.2, 0.25) is 0 Å². The molecule has 1 heterocycles. The van der Waals surface area contributed by atoms with Crippen molar-refractivity contribution in [1.29, 1.82) is 0 Å². The van der Waals surface area contributed by atoms with Crippen LogP contribution in [0.1, 0.15) is 12.5 Å². The summed E-state index contributed by atoms with van der Waals surface area (Å²) in [5.41, 5.74) is -0.251. The molecule has 1 aromatic carbocycles. The van der Waals surface area contributed by atoms with Crippen LogP contribution in [0.15, 0.2) is 24.3 Å². The molecule has 1 saturated heterocycles. The lowest BCUT2D eigenvalue weighted by Crippen LogP contribution is -2.47. The van der Waals surface area contributed by atoms with Gasteiger partial charge in [-0.05, 0) is 31.2 Å². The van der Waals surface area contributed by atoms with Crippen molar-refractivity contribution in [3.8, 4) is 11.8 Å². The highest BCUT2D eigenvalue weighted by Crippen LogP contribution is 2.17. The summed E-state index contributed by atoms with van der Waals surface area (Å²) in [5, 5.41) is 3.24. The number of ether oxygens (including phenoxy) is 1. The van der Waals surface area contributed by atoms with Gasteiger partial charge in [-0.3, -0.25) is 9.69 Å². The number of benzene rings is 1. The van der Waals surface area contributed by atoms with Gasteiger partial charge in [-0.2, -0.15) is 0 Å². The van der Waals surface area contributed by atoms with Gasteiger partial charge in [-0.15, -0.1) is 0 Å². The Balaban J connectivity index is 2.05. The van der Waals surface area contributed by atoms with E-state index in [0.29, 0.717) is 5.02 Å². The molecule has 2 rings (SSSR count). The molecular weight excluding hydrogens is 292 g/mol. The first-order chi connectivity index (χ1) is 9.96. The molecule has 0 aromatic heterocycles. The number of nitrogens with zero attached hydrogens (tertiary/aromatic N) is 1. The zero-order valence-electron chi connectivity index (χ0n) is 11.8. The molecule has 3 amide bonds. The molecule has 21 heavy (non-hydrogen) atoms. The molecule has 6 heteroatoms. The minimum Gasteiger partial charge on any atom is -0.382 e. The monoisotopic (exact) mass is 306 g/mol. The van der Waals surface area contributed by atoms with Crippen molar-refractivity contribution in [3.05, 3.63) is 34.9 Å². The normalized spacial score (nSPS) is 21.0. The Morgan fingerprint density at radius 1 is 1.33 bits per heavy atom. The van der Waals surface area contributed by atoms with Crippen molar-refractivity contribution < 1.29 is 14.3 Å². The van der Waals surface area contributed by atoms with Gasteiger partial charge in [0.05, 0.1) is 13.2 Å². The molecule has 0 spiro atoms. The molecule has 1 fully saturated rings. The highest BCUT2D eigenvalue weighted by molar-refractivity contribution is 6.30. The van der Waals surface area contributed by atoms with E-state index >= 15 is 0 Å².